The Kier molecular flexibility index (Phi) is 6.01. The second-order valence-corrected chi connectivity index (χ2v) is 6.36. The molecule has 3 aromatic rings. The molecule has 0 spiro atoms. The largest absolute Gasteiger partial charge is 0.321 e. The summed E-state index contributed by atoms with van der Waals surface area (Å²) in [6.07, 6.45) is 1.49. The molecule has 0 bridgehead atoms. The number of carbonyl (C=O) groups is 2. The average Bonchev–Trinajstić information content (AvgIpc) is 2.74. The van der Waals surface area contributed by atoms with Gasteiger partial charge in [0.2, 0.25) is 0 Å². The van der Waals surface area contributed by atoms with Gasteiger partial charge in [0, 0.05) is 16.1 Å². The maximum atomic E-state index is 12.8. The van der Waals surface area contributed by atoms with Gasteiger partial charge >= 0.3 is 0 Å². The lowest BCUT2D eigenvalue weighted by Gasteiger charge is -2.11. The number of rotatable bonds is 5. The number of nitrogens with one attached hydrogen (secondary N) is 1. The lowest BCUT2D eigenvalue weighted by Crippen LogP contribution is -2.16. The number of nitrogens with zero attached hydrogens (tertiary/aromatic N) is 1. The molecule has 5 heteroatoms. The third kappa shape index (κ3) is 4.53. The maximum absolute atomic E-state index is 12.8. The smallest absolute Gasteiger partial charge is 0.266 e. The lowest BCUT2D eigenvalue weighted by molar-refractivity contribution is -0.112. The number of halogens is 1. The highest BCUT2D eigenvalue weighted by atomic mass is 35.5. The van der Waals surface area contributed by atoms with Crippen LogP contribution in [-0.4, -0.2) is 11.7 Å². The molecular formula is C23H15ClN2O2. The minimum Gasteiger partial charge on any atom is -0.321 e. The van der Waals surface area contributed by atoms with Crippen molar-refractivity contribution in [2.24, 2.45) is 0 Å². The molecule has 0 heterocycles. The molecule has 0 saturated carbocycles. The van der Waals surface area contributed by atoms with Gasteiger partial charge in [0.15, 0.2) is 5.78 Å². The minimum absolute atomic E-state index is 0.0701. The maximum Gasteiger partial charge on any atom is 0.266 e. The Morgan fingerprint density at radius 3 is 2.21 bits per heavy atom. The number of nitriles is 1. The van der Waals surface area contributed by atoms with E-state index >= 15 is 0 Å². The molecule has 1 N–H and O–H groups in total. The molecule has 136 valence electrons. The van der Waals surface area contributed by atoms with Gasteiger partial charge in [-0.25, -0.2) is 0 Å². The molecule has 3 aromatic carbocycles. The highest BCUT2D eigenvalue weighted by molar-refractivity contribution is 6.31. The number of hydrogen-bond acceptors (Lipinski definition) is 3. The first-order valence-corrected chi connectivity index (χ1v) is 8.84. The van der Waals surface area contributed by atoms with Crippen LogP contribution in [0.25, 0.3) is 6.08 Å². The summed E-state index contributed by atoms with van der Waals surface area (Å²) in [5.74, 6) is -0.875. The molecule has 0 fully saturated rings. The van der Waals surface area contributed by atoms with Gasteiger partial charge in [-0.05, 0) is 29.8 Å². The third-order valence-electron chi connectivity index (χ3n) is 3.99. The summed E-state index contributed by atoms with van der Waals surface area (Å²) in [6.45, 7) is 0. The molecular weight excluding hydrogens is 372 g/mol. The Bertz CT molecular complexity index is 1080. The summed E-state index contributed by atoms with van der Waals surface area (Å²) in [5, 5.41) is 12.4. The molecule has 1 amide bonds. The molecule has 0 radical (unpaired) electrons. The highest BCUT2D eigenvalue weighted by Crippen LogP contribution is 2.24. The van der Waals surface area contributed by atoms with E-state index in [1.165, 1.54) is 12.1 Å². The van der Waals surface area contributed by atoms with Crippen molar-refractivity contribution < 1.29 is 9.59 Å². The molecule has 28 heavy (non-hydrogen) atoms. The van der Waals surface area contributed by atoms with E-state index in [9.17, 15) is 14.9 Å². The molecule has 0 atom stereocenters. The summed E-state index contributed by atoms with van der Waals surface area (Å²) in [5.41, 5.74) is 1.67. The number of hydrogen-bond donors (Lipinski definition) is 1. The molecule has 0 saturated heterocycles. The Morgan fingerprint density at radius 2 is 1.57 bits per heavy atom. The van der Waals surface area contributed by atoms with E-state index in [1.807, 2.05) is 30.3 Å². The lowest BCUT2D eigenvalue weighted by atomic mass is 10.0. The molecule has 0 aromatic heterocycles. The van der Waals surface area contributed by atoms with Crippen LogP contribution >= 0.6 is 11.6 Å². The number of benzene rings is 3. The zero-order valence-electron chi connectivity index (χ0n) is 14.7. The van der Waals surface area contributed by atoms with Gasteiger partial charge < -0.3 is 5.32 Å². The third-order valence-corrected chi connectivity index (χ3v) is 4.22. The van der Waals surface area contributed by atoms with Crippen molar-refractivity contribution in [1.29, 1.82) is 5.26 Å². The van der Waals surface area contributed by atoms with Gasteiger partial charge in [-0.3, -0.25) is 9.59 Å². The minimum atomic E-state index is -0.601. The van der Waals surface area contributed by atoms with Crippen LogP contribution in [-0.2, 0) is 4.79 Å². The summed E-state index contributed by atoms with van der Waals surface area (Å²) in [7, 11) is 0. The Morgan fingerprint density at radius 1 is 0.929 bits per heavy atom. The van der Waals surface area contributed by atoms with Crippen molar-refractivity contribution in [3.63, 3.8) is 0 Å². The van der Waals surface area contributed by atoms with Crippen LogP contribution in [0.2, 0.25) is 5.02 Å². The standard InChI is InChI=1S/C23H15ClN2O2/c24-19-11-12-21(20(14-19)22(27)17-9-5-2-6-10-17)26-23(28)18(15-25)13-16-7-3-1-4-8-16/h1-14H,(H,26,28)/b18-13-. The predicted octanol–water partition coefficient (Wildman–Crippen LogP) is 5.12. The SMILES string of the molecule is N#C/C(=C/c1ccccc1)C(=O)Nc1ccc(Cl)cc1C(=O)c1ccccc1. The number of ketones is 1. The number of amides is 1. The van der Waals surface area contributed by atoms with Gasteiger partial charge in [0.05, 0.1) is 5.69 Å². The van der Waals surface area contributed by atoms with Crippen LogP contribution in [0.1, 0.15) is 21.5 Å². The van der Waals surface area contributed by atoms with Gasteiger partial charge in [0.25, 0.3) is 5.91 Å². The zero-order chi connectivity index (χ0) is 19.9. The molecule has 0 aliphatic rings. The zero-order valence-corrected chi connectivity index (χ0v) is 15.5. The van der Waals surface area contributed by atoms with Crippen molar-refractivity contribution in [2.45, 2.75) is 0 Å². The van der Waals surface area contributed by atoms with E-state index in [0.29, 0.717) is 10.6 Å². The van der Waals surface area contributed by atoms with Crippen LogP contribution in [0, 0.1) is 11.3 Å². The average molecular weight is 387 g/mol. The van der Waals surface area contributed by atoms with E-state index in [0.717, 1.165) is 5.56 Å². The first-order chi connectivity index (χ1) is 13.6. The fourth-order valence-corrected chi connectivity index (χ4v) is 2.78. The summed E-state index contributed by atoms with van der Waals surface area (Å²) in [6, 6.07) is 24.3. The predicted molar refractivity (Wildman–Crippen MR) is 110 cm³/mol. The highest BCUT2D eigenvalue weighted by Gasteiger charge is 2.17. The second-order valence-electron chi connectivity index (χ2n) is 5.92. The monoisotopic (exact) mass is 386 g/mol. The summed E-state index contributed by atoms with van der Waals surface area (Å²) in [4.78, 5) is 25.4. The molecule has 4 nitrogen and oxygen atoms in total. The Balaban J connectivity index is 1.92. The Labute approximate surface area is 167 Å². The Hall–Kier alpha value is -3.68. The summed E-state index contributed by atoms with van der Waals surface area (Å²) < 4.78 is 0. The quantitative estimate of drug-likeness (QED) is 0.376. The van der Waals surface area contributed by atoms with Crippen molar-refractivity contribution in [3.8, 4) is 6.07 Å². The summed E-state index contributed by atoms with van der Waals surface area (Å²) >= 11 is 6.05. The topological polar surface area (TPSA) is 70.0 Å². The van der Waals surface area contributed by atoms with Gasteiger partial charge in [0.1, 0.15) is 11.6 Å². The van der Waals surface area contributed by atoms with E-state index < -0.39 is 5.91 Å². The van der Waals surface area contributed by atoms with Gasteiger partial charge in [-0.15, -0.1) is 0 Å². The fourth-order valence-electron chi connectivity index (χ4n) is 2.61. The molecule has 0 aliphatic carbocycles. The fraction of sp³-hybridized carbons (Fsp3) is 0. The van der Waals surface area contributed by atoms with E-state index in [-0.39, 0.29) is 22.6 Å². The van der Waals surface area contributed by atoms with E-state index in [4.69, 9.17) is 11.6 Å². The van der Waals surface area contributed by atoms with Crippen LogP contribution in [0.4, 0.5) is 5.69 Å². The first kappa shape index (κ1) is 19.1. The van der Waals surface area contributed by atoms with E-state index in [1.54, 1.807) is 48.5 Å². The first-order valence-electron chi connectivity index (χ1n) is 8.46. The van der Waals surface area contributed by atoms with Crippen LogP contribution in [0.5, 0.6) is 0 Å². The number of anilines is 1. The van der Waals surface area contributed by atoms with Gasteiger partial charge in [-0.1, -0.05) is 72.3 Å². The van der Waals surface area contributed by atoms with Gasteiger partial charge in [-0.2, -0.15) is 5.26 Å². The molecule has 0 unspecified atom stereocenters. The van der Waals surface area contributed by atoms with E-state index in [2.05, 4.69) is 5.32 Å². The van der Waals surface area contributed by atoms with Crippen molar-refractivity contribution in [3.05, 3.63) is 106 Å². The second kappa shape index (κ2) is 8.81. The van der Waals surface area contributed by atoms with Crippen LogP contribution in [0.3, 0.4) is 0 Å². The van der Waals surface area contributed by atoms with Crippen molar-refractivity contribution in [1.82, 2.24) is 0 Å². The molecule has 0 aliphatic heterocycles. The van der Waals surface area contributed by atoms with Crippen LogP contribution < -0.4 is 5.32 Å². The van der Waals surface area contributed by atoms with Crippen LogP contribution in [0.15, 0.2) is 84.4 Å². The molecule has 3 rings (SSSR count). The van der Waals surface area contributed by atoms with Crippen molar-refractivity contribution in [2.75, 3.05) is 5.32 Å². The van der Waals surface area contributed by atoms with Crippen molar-refractivity contribution >= 4 is 35.1 Å². The normalized spacial score (nSPS) is 10.8. The number of carbonyl (C=O) groups excluding carboxylic acids is 2.